The van der Waals surface area contributed by atoms with Crippen LogP contribution < -0.4 is 5.32 Å². The van der Waals surface area contributed by atoms with E-state index in [1.54, 1.807) is 0 Å². The molecule has 0 aromatic heterocycles. The number of rotatable bonds is 0. The highest BCUT2D eigenvalue weighted by Crippen LogP contribution is 2.55. The molecule has 2 aromatic rings. The van der Waals surface area contributed by atoms with Crippen molar-refractivity contribution in [3.8, 4) is 0 Å². The van der Waals surface area contributed by atoms with Gasteiger partial charge in [-0.2, -0.15) is 0 Å². The van der Waals surface area contributed by atoms with Crippen LogP contribution in [0.1, 0.15) is 27.9 Å². The van der Waals surface area contributed by atoms with Crippen molar-refractivity contribution in [1.29, 1.82) is 0 Å². The maximum atomic E-state index is 12.6. The number of thioether (sulfide) groups is 1. The molecule has 0 fully saturated rings. The van der Waals surface area contributed by atoms with Gasteiger partial charge in [-0.3, -0.25) is 9.59 Å². The number of carbonyl (C=O) groups excluding carboxylic acids is 2. The minimum absolute atomic E-state index is 0.0376. The molecule has 4 rings (SSSR count). The topological polar surface area (TPSA) is 46.2 Å². The first-order valence-corrected chi connectivity index (χ1v) is 7.66. The van der Waals surface area contributed by atoms with E-state index in [-0.39, 0.29) is 18.1 Å². The Bertz CT molecular complexity index is 799. The summed E-state index contributed by atoms with van der Waals surface area (Å²) < 4.78 is -0.811. The molecular formula is C17H13NO2S. The zero-order chi connectivity index (χ0) is 14.6. The molecule has 2 aliphatic rings. The Balaban J connectivity index is 1.92. The van der Waals surface area contributed by atoms with Crippen molar-refractivity contribution in [2.24, 2.45) is 0 Å². The molecule has 2 aliphatic heterocycles. The number of Topliss-reactive ketones (excluding diaryl/α,β-unsaturated/α-hetero) is 1. The molecule has 1 N–H and O–H groups in total. The van der Waals surface area contributed by atoms with Crippen molar-refractivity contribution >= 4 is 29.1 Å². The number of nitrogens with one attached hydrogen (secondary N) is 1. The van der Waals surface area contributed by atoms with E-state index in [1.165, 1.54) is 11.8 Å². The normalized spacial score (nSPS) is 22.9. The fourth-order valence-corrected chi connectivity index (χ4v) is 4.60. The van der Waals surface area contributed by atoms with Crippen LogP contribution in [0, 0.1) is 6.92 Å². The summed E-state index contributed by atoms with van der Waals surface area (Å²) in [7, 11) is 0. The van der Waals surface area contributed by atoms with Gasteiger partial charge in [-0.25, -0.2) is 0 Å². The largest absolute Gasteiger partial charge is 0.324 e. The third-order valence-electron chi connectivity index (χ3n) is 4.11. The van der Waals surface area contributed by atoms with E-state index in [0.29, 0.717) is 0 Å². The number of fused-ring (bicyclic) bond motifs is 3. The van der Waals surface area contributed by atoms with Crippen molar-refractivity contribution in [3.63, 3.8) is 0 Å². The summed E-state index contributed by atoms with van der Waals surface area (Å²) in [5, 5.41) is 2.91. The number of anilines is 1. The molecule has 1 unspecified atom stereocenters. The number of benzene rings is 2. The van der Waals surface area contributed by atoms with Crippen LogP contribution in [-0.4, -0.2) is 11.7 Å². The second-order valence-corrected chi connectivity index (χ2v) is 6.87. The number of aryl methyl sites for hydroxylation is 1. The molecule has 0 aliphatic carbocycles. The molecule has 1 spiro atoms. The van der Waals surface area contributed by atoms with Gasteiger partial charge in [0.1, 0.15) is 4.75 Å². The van der Waals surface area contributed by atoms with E-state index in [1.807, 2.05) is 49.4 Å². The highest BCUT2D eigenvalue weighted by atomic mass is 32.2. The first-order chi connectivity index (χ1) is 10.1. The van der Waals surface area contributed by atoms with Gasteiger partial charge in [-0.15, -0.1) is 11.8 Å². The quantitative estimate of drug-likeness (QED) is 0.809. The Hall–Kier alpha value is -2.07. The molecule has 0 radical (unpaired) electrons. The lowest BCUT2D eigenvalue weighted by molar-refractivity contribution is -0.118. The molecule has 104 valence electrons. The highest BCUT2D eigenvalue weighted by molar-refractivity contribution is 8.01. The average Bonchev–Trinajstić information content (AvgIpc) is 2.71. The third kappa shape index (κ3) is 1.69. The van der Waals surface area contributed by atoms with Gasteiger partial charge in [0.15, 0.2) is 5.78 Å². The summed E-state index contributed by atoms with van der Waals surface area (Å²) in [5.41, 5.74) is 3.56. The van der Waals surface area contributed by atoms with Crippen LogP contribution in [0.3, 0.4) is 0 Å². The first kappa shape index (κ1) is 12.7. The number of carbonyl (C=O) groups is 2. The Morgan fingerprint density at radius 2 is 1.95 bits per heavy atom. The molecule has 0 saturated heterocycles. The molecule has 0 saturated carbocycles. The monoisotopic (exact) mass is 295 g/mol. The van der Waals surface area contributed by atoms with Crippen molar-refractivity contribution in [2.75, 3.05) is 5.32 Å². The lowest BCUT2D eigenvalue weighted by atomic mass is 9.90. The lowest BCUT2D eigenvalue weighted by Crippen LogP contribution is -2.36. The van der Waals surface area contributed by atoms with Crippen LogP contribution in [0.2, 0.25) is 0 Å². The second kappa shape index (κ2) is 4.21. The minimum Gasteiger partial charge on any atom is -0.324 e. The van der Waals surface area contributed by atoms with Crippen LogP contribution in [0.15, 0.2) is 47.4 Å². The van der Waals surface area contributed by atoms with Gasteiger partial charge < -0.3 is 5.32 Å². The molecule has 2 aromatic carbocycles. The summed E-state index contributed by atoms with van der Waals surface area (Å²) in [4.78, 5) is 26.0. The number of hydrogen-bond donors (Lipinski definition) is 1. The summed E-state index contributed by atoms with van der Waals surface area (Å²) in [5.74, 6) is -0.0511. The number of ketones is 1. The Morgan fingerprint density at radius 3 is 2.81 bits per heavy atom. The van der Waals surface area contributed by atoms with Gasteiger partial charge in [-0.05, 0) is 24.6 Å². The smallest absolute Gasteiger partial charge is 0.246 e. The predicted molar refractivity (Wildman–Crippen MR) is 82.7 cm³/mol. The average molecular weight is 295 g/mol. The summed E-state index contributed by atoms with van der Waals surface area (Å²) in [6.45, 7) is 2.00. The van der Waals surface area contributed by atoms with Crippen LogP contribution in [0.4, 0.5) is 5.69 Å². The van der Waals surface area contributed by atoms with Gasteiger partial charge in [0, 0.05) is 28.1 Å². The van der Waals surface area contributed by atoms with E-state index >= 15 is 0 Å². The molecule has 2 heterocycles. The van der Waals surface area contributed by atoms with E-state index < -0.39 is 4.75 Å². The van der Waals surface area contributed by atoms with Crippen molar-refractivity contribution in [2.45, 2.75) is 23.0 Å². The SMILES string of the molecule is Cc1ccc2c(c1)SC1(CC2=O)C(=O)Nc2ccccc21. The number of amides is 1. The minimum atomic E-state index is -0.811. The van der Waals surface area contributed by atoms with Gasteiger partial charge in [0.2, 0.25) is 5.91 Å². The van der Waals surface area contributed by atoms with Crippen molar-refractivity contribution < 1.29 is 9.59 Å². The summed E-state index contributed by atoms with van der Waals surface area (Å²) in [6, 6.07) is 13.4. The molecule has 3 nitrogen and oxygen atoms in total. The second-order valence-electron chi connectivity index (χ2n) is 5.53. The lowest BCUT2D eigenvalue weighted by Gasteiger charge is -2.31. The number of para-hydroxylation sites is 1. The van der Waals surface area contributed by atoms with E-state index in [4.69, 9.17) is 0 Å². The predicted octanol–water partition coefficient (Wildman–Crippen LogP) is 3.52. The third-order valence-corrected chi connectivity index (χ3v) is 5.56. The van der Waals surface area contributed by atoms with Crippen LogP contribution in [0.25, 0.3) is 0 Å². The Labute approximate surface area is 126 Å². The number of hydrogen-bond acceptors (Lipinski definition) is 3. The van der Waals surface area contributed by atoms with Crippen molar-refractivity contribution in [3.05, 3.63) is 59.2 Å². The van der Waals surface area contributed by atoms with Crippen molar-refractivity contribution in [1.82, 2.24) is 0 Å². The molecule has 1 amide bonds. The first-order valence-electron chi connectivity index (χ1n) is 6.84. The Morgan fingerprint density at radius 1 is 1.14 bits per heavy atom. The van der Waals surface area contributed by atoms with Crippen LogP contribution >= 0.6 is 11.8 Å². The van der Waals surface area contributed by atoms with Gasteiger partial charge >= 0.3 is 0 Å². The Kier molecular flexibility index (Phi) is 2.54. The zero-order valence-corrected chi connectivity index (χ0v) is 12.3. The van der Waals surface area contributed by atoms with Crippen LogP contribution in [-0.2, 0) is 9.54 Å². The van der Waals surface area contributed by atoms with Gasteiger partial charge in [0.05, 0.1) is 0 Å². The van der Waals surface area contributed by atoms with E-state index in [2.05, 4.69) is 5.32 Å². The maximum Gasteiger partial charge on any atom is 0.246 e. The van der Waals surface area contributed by atoms with E-state index in [9.17, 15) is 9.59 Å². The molecule has 1 atom stereocenters. The summed E-state index contributed by atoms with van der Waals surface area (Å²) in [6.07, 6.45) is 0.219. The maximum absolute atomic E-state index is 12.6. The standard InChI is InChI=1S/C17H13NO2S/c1-10-6-7-11-14(19)9-17(21-15(11)8-10)12-4-2-3-5-13(12)18-16(17)20/h2-8H,9H2,1H3,(H,18,20). The fraction of sp³-hybridized carbons (Fsp3) is 0.176. The summed E-state index contributed by atoms with van der Waals surface area (Å²) >= 11 is 1.50. The van der Waals surface area contributed by atoms with Gasteiger partial charge in [-0.1, -0.05) is 30.3 Å². The van der Waals surface area contributed by atoms with Gasteiger partial charge in [0.25, 0.3) is 0 Å². The van der Waals surface area contributed by atoms with Crippen LogP contribution in [0.5, 0.6) is 0 Å². The molecule has 0 bridgehead atoms. The molecule has 4 heteroatoms. The zero-order valence-electron chi connectivity index (χ0n) is 11.5. The highest BCUT2D eigenvalue weighted by Gasteiger charge is 2.51. The van der Waals surface area contributed by atoms with E-state index in [0.717, 1.165) is 27.3 Å². The molecule has 21 heavy (non-hydrogen) atoms. The fourth-order valence-electron chi connectivity index (χ4n) is 3.06. The molecular weight excluding hydrogens is 282 g/mol.